The van der Waals surface area contributed by atoms with Gasteiger partial charge in [0.2, 0.25) is 0 Å². The maximum Gasteiger partial charge on any atom is 0.326 e. The second kappa shape index (κ2) is 7.64. The van der Waals surface area contributed by atoms with Gasteiger partial charge in [0.15, 0.2) is 0 Å². The predicted octanol–water partition coefficient (Wildman–Crippen LogP) is 1.74. The van der Waals surface area contributed by atoms with Crippen LogP contribution in [-0.2, 0) is 4.79 Å². The predicted molar refractivity (Wildman–Crippen MR) is 79.5 cm³/mol. The Hall–Kier alpha value is -1.89. The Morgan fingerprint density at radius 1 is 1.45 bits per heavy atom. The number of phenols is 1. The summed E-state index contributed by atoms with van der Waals surface area (Å²) in [5.41, 5.74) is 0.483. The highest BCUT2D eigenvalue weighted by Gasteiger charge is 2.21. The quantitative estimate of drug-likeness (QED) is 0.744. The molecular formula is C13H18N2O4S. The van der Waals surface area contributed by atoms with Crippen LogP contribution >= 0.6 is 11.8 Å². The summed E-state index contributed by atoms with van der Waals surface area (Å²) in [6, 6.07) is 4.73. The van der Waals surface area contributed by atoms with E-state index in [2.05, 4.69) is 5.32 Å². The number of aromatic hydroxyl groups is 1. The molecule has 1 atom stereocenters. The number of urea groups is 1. The first-order valence-electron chi connectivity index (χ1n) is 6.00. The number of anilines is 1. The number of thioether (sulfide) groups is 1. The van der Waals surface area contributed by atoms with Crippen molar-refractivity contribution in [1.29, 1.82) is 0 Å². The van der Waals surface area contributed by atoms with Gasteiger partial charge in [-0.15, -0.1) is 0 Å². The standard InChI is InChI=1S/C13H18N2O4S/c1-15(9-4-3-5-10(16)8-9)13(19)14-11(12(17)18)6-7-20-2/h3-5,8,11,16H,6-7H2,1-2H3,(H,14,19)(H,17,18)/t11-/m0/s1. The average Bonchev–Trinajstić information content (AvgIpc) is 2.42. The first-order valence-corrected chi connectivity index (χ1v) is 7.40. The summed E-state index contributed by atoms with van der Waals surface area (Å²) in [5.74, 6) is -0.372. The lowest BCUT2D eigenvalue weighted by atomic mass is 10.2. The molecular weight excluding hydrogens is 280 g/mol. The Balaban J connectivity index is 2.70. The van der Waals surface area contributed by atoms with Crippen molar-refractivity contribution in [3.63, 3.8) is 0 Å². The molecule has 1 aromatic carbocycles. The van der Waals surface area contributed by atoms with E-state index in [-0.39, 0.29) is 5.75 Å². The number of phenolic OH excluding ortho intramolecular Hbond substituents is 1. The van der Waals surface area contributed by atoms with Crippen LogP contribution in [0.5, 0.6) is 5.75 Å². The Bertz CT molecular complexity index is 481. The van der Waals surface area contributed by atoms with Crippen LogP contribution in [0.25, 0.3) is 0 Å². The van der Waals surface area contributed by atoms with Gasteiger partial charge in [-0.2, -0.15) is 11.8 Å². The lowest BCUT2D eigenvalue weighted by Crippen LogP contribution is -2.47. The third kappa shape index (κ3) is 4.65. The van der Waals surface area contributed by atoms with Crippen molar-refractivity contribution < 1.29 is 19.8 Å². The highest BCUT2D eigenvalue weighted by Crippen LogP contribution is 2.18. The number of carboxylic acid groups (broad SMARTS) is 1. The molecule has 20 heavy (non-hydrogen) atoms. The summed E-state index contributed by atoms with van der Waals surface area (Å²) in [5, 5.41) is 20.9. The maximum atomic E-state index is 12.0. The minimum atomic E-state index is -1.06. The number of aliphatic carboxylic acids is 1. The zero-order chi connectivity index (χ0) is 15.1. The molecule has 2 amide bonds. The van der Waals surface area contributed by atoms with Crippen molar-refractivity contribution in [2.24, 2.45) is 0 Å². The molecule has 0 heterocycles. The van der Waals surface area contributed by atoms with Crippen molar-refractivity contribution in [3.8, 4) is 5.75 Å². The van der Waals surface area contributed by atoms with Crippen LogP contribution in [0.2, 0.25) is 0 Å². The van der Waals surface area contributed by atoms with Crippen LogP contribution in [0.15, 0.2) is 24.3 Å². The van der Waals surface area contributed by atoms with E-state index in [1.807, 2.05) is 6.26 Å². The molecule has 0 unspecified atom stereocenters. The van der Waals surface area contributed by atoms with Gasteiger partial charge in [0.25, 0.3) is 0 Å². The highest BCUT2D eigenvalue weighted by atomic mass is 32.2. The summed E-state index contributed by atoms with van der Waals surface area (Å²) in [4.78, 5) is 24.3. The van der Waals surface area contributed by atoms with Crippen LogP contribution in [-0.4, -0.2) is 47.3 Å². The molecule has 6 nitrogen and oxygen atoms in total. The van der Waals surface area contributed by atoms with Crippen molar-refractivity contribution >= 4 is 29.4 Å². The summed E-state index contributed by atoms with van der Waals surface area (Å²) < 4.78 is 0. The van der Waals surface area contributed by atoms with Gasteiger partial charge in [-0.1, -0.05) is 6.07 Å². The average molecular weight is 298 g/mol. The molecule has 0 aromatic heterocycles. The zero-order valence-electron chi connectivity index (χ0n) is 11.4. The number of carboxylic acids is 1. The molecule has 0 spiro atoms. The normalized spacial score (nSPS) is 11.7. The van der Waals surface area contributed by atoms with Gasteiger partial charge >= 0.3 is 12.0 Å². The molecule has 0 radical (unpaired) electrons. The fraction of sp³-hybridized carbons (Fsp3) is 0.385. The lowest BCUT2D eigenvalue weighted by molar-refractivity contribution is -0.139. The number of carbonyl (C=O) groups is 2. The van der Waals surface area contributed by atoms with E-state index >= 15 is 0 Å². The number of hydrogen-bond acceptors (Lipinski definition) is 4. The number of carbonyl (C=O) groups excluding carboxylic acids is 1. The Labute approximate surface area is 121 Å². The number of hydrogen-bond donors (Lipinski definition) is 3. The number of rotatable bonds is 6. The van der Waals surface area contributed by atoms with E-state index in [9.17, 15) is 14.7 Å². The van der Waals surface area contributed by atoms with E-state index in [0.29, 0.717) is 17.9 Å². The van der Waals surface area contributed by atoms with Gasteiger partial charge in [0.1, 0.15) is 11.8 Å². The van der Waals surface area contributed by atoms with E-state index in [1.165, 1.54) is 35.8 Å². The summed E-state index contributed by atoms with van der Waals surface area (Å²) >= 11 is 1.52. The minimum absolute atomic E-state index is 0.0410. The van der Waals surface area contributed by atoms with Crippen molar-refractivity contribution in [2.75, 3.05) is 24.0 Å². The molecule has 0 aliphatic heterocycles. The molecule has 0 aliphatic carbocycles. The summed E-state index contributed by atoms with van der Waals surface area (Å²) in [6.07, 6.45) is 2.23. The Morgan fingerprint density at radius 3 is 2.70 bits per heavy atom. The Kier molecular flexibility index (Phi) is 6.17. The largest absolute Gasteiger partial charge is 0.508 e. The van der Waals surface area contributed by atoms with E-state index in [0.717, 1.165) is 0 Å². The minimum Gasteiger partial charge on any atom is -0.508 e. The highest BCUT2D eigenvalue weighted by molar-refractivity contribution is 7.98. The molecule has 3 N–H and O–H groups in total. The molecule has 0 aliphatic rings. The summed E-state index contributed by atoms with van der Waals surface area (Å²) in [6.45, 7) is 0. The van der Waals surface area contributed by atoms with Crippen molar-refractivity contribution in [3.05, 3.63) is 24.3 Å². The van der Waals surface area contributed by atoms with Gasteiger partial charge in [0.05, 0.1) is 0 Å². The van der Waals surface area contributed by atoms with Gasteiger partial charge in [0, 0.05) is 18.8 Å². The first kappa shape index (κ1) is 16.2. The van der Waals surface area contributed by atoms with Crippen LogP contribution in [0.3, 0.4) is 0 Å². The van der Waals surface area contributed by atoms with Crippen molar-refractivity contribution in [2.45, 2.75) is 12.5 Å². The summed E-state index contributed by atoms with van der Waals surface area (Å²) in [7, 11) is 1.51. The first-order chi connectivity index (χ1) is 9.45. The van der Waals surface area contributed by atoms with E-state index in [4.69, 9.17) is 5.11 Å². The van der Waals surface area contributed by atoms with Gasteiger partial charge in [-0.25, -0.2) is 9.59 Å². The maximum absolute atomic E-state index is 12.0. The van der Waals surface area contributed by atoms with Crippen LogP contribution in [0.4, 0.5) is 10.5 Å². The van der Waals surface area contributed by atoms with Crippen LogP contribution in [0, 0.1) is 0 Å². The van der Waals surface area contributed by atoms with E-state index in [1.54, 1.807) is 12.1 Å². The van der Waals surface area contributed by atoms with Gasteiger partial charge in [-0.3, -0.25) is 4.90 Å². The molecule has 1 aromatic rings. The van der Waals surface area contributed by atoms with Crippen LogP contribution in [0.1, 0.15) is 6.42 Å². The third-order valence-corrected chi connectivity index (χ3v) is 3.37. The number of nitrogens with zero attached hydrogens (tertiary/aromatic N) is 1. The van der Waals surface area contributed by atoms with Crippen LogP contribution < -0.4 is 10.2 Å². The monoisotopic (exact) mass is 298 g/mol. The molecule has 0 saturated heterocycles. The van der Waals surface area contributed by atoms with Gasteiger partial charge < -0.3 is 15.5 Å². The van der Waals surface area contributed by atoms with E-state index < -0.39 is 18.0 Å². The molecule has 7 heteroatoms. The van der Waals surface area contributed by atoms with Gasteiger partial charge in [-0.05, 0) is 30.6 Å². The second-order valence-electron chi connectivity index (χ2n) is 4.20. The Morgan fingerprint density at radius 2 is 2.15 bits per heavy atom. The fourth-order valence-electron chi connectivity index (χ4n) is 1.56. The molecule has 1 rings (SSSR count). The molecule has 0 fully saturated rings. The fourth-order valence-corrected chi connectivity index (χ4v) is 2.03. The third-order valence-electron chi connectivity index (χ3n) is 2.73. The molecule has 110 valence electrons. The number of amides is 2. The SMILES string of the molecule is CSCC[C@H](NC(=O)N(C)c1cccc(O)c1)C(=O)O. The smallest absolute Gasteiger partial charge is 0.326 e. The second-order valence-corrected chi connectivity index (χ2v) is 5.19. The number of nitrogens with one attached hydrogen (secondary N) is 1. The molecule has 0 saturated carbocycles. The van der Waals surface area contributed by atoms with Crippen molar-refractivity contribution in [1.82, 2.24) is 5.32 Å². The lowest BCUT2D eigenvalue weighted by Gasteiger charge is -2.21. The molecule has 0 bridgehead atoms. The zero-order valence-corrected chi connectivity index (χ0v) is 12.2. The topological polar surface area (TPSA) is 89.9 Å². The number of benzene rings is 1.